The van der Waals surface area contributed by atoms with Crippen LogP contribution in [0.1, 0.15) is 33.5 Å². The van der Waals surface area contributed by atoms with E-state index >= 15 is 0 Å². The summed E-state index contributed by atoms with van der Waals surface area (Å²) in [4.78, 5) is 22.4. The third kappa shape index (κ3) is 2.64. The quantitative estimate of drug-likeness (QED) is 0.643. The van der Waals surface area contributed by atoms with Crippen molar-refractivity contribution in [2.24, 2.45) is 0 Å². The molecular weight excluding hydrogens is 220 g/mol. The maximum atomic E-state index is 11.9. The molecule has 0 heterocycles. The van der Waals surface area contributed by atoms with Gasteiger partial charge >= 0.3 is 5.97 Å². The molecule has 0 unspecified atom stereocenters. The second-order valence-corrected chi connectivity index (χ2v) is 4.04. The van der Waals surface area contributed by atoms with Gasteiger partial charge in [-0.15, -0.1) is 0 Å². The molecule has 1 aromatic carbocycles. The number of Topliss-reactive ketones (excluding diaryl/α,β-unsaturated/α-hetero) is 1. The topological polar surface area (TPSA) is 63.6 Å². The van der Waals surface area contributed by atoms with Gasteiger partial charge in [-0.1, -0.05) is 6.07 Å². The van der Waals surface area contributed by atoms with E-state index in [0.717, 1.165) is 16.7 Å². The molecule has 0 amide bonds. The van der Waals surface area contributed by atoms with E-state index in [-0.39, 0.29) is 0 Å². The van der Waals surface area contributed by atoms with E-state index in [9.17, 15) is 9.59 Å². The summed E-state index contributed by atoms with van der Waals surface area (Å²) in [6, 6.07) is 1.87. The van der Waals surface area contributed by atoms with Crippen LogP contribution < -0.4 is 4.74 Å². The van der Waals surface area contributed by atoms with Gasteiger partial charge in [-0.3, -0.25) is 9.59 Å². The van der Waals surface area contributed by atoms with E-state index in [1.54, 1.807) is 6.92 Å². The number of carbonyl (C=O) groups is 2. The summed E-state index contributed by atoms with van der Waals surface area (Å²) in [7, 11) is 1.48. The Bertz CT molecular complexity index is 475. The van der Waals surface area contributed by atoms with Gasteiger partial charge in [0.15, 0.2) is 5.78 Å². The zero-order valence-corrected chi connectivity index (χ0v) is 10.5. The molecule has 92 valence electrons. The van der Waals surface area contributed by atoms with Crippen LogP contribution in [0.2, 0.25) is 0 Å². The number of benzene rings is 1. The third-order valence-corrected chi connectivity index (χ3v) is 2.78. The molecule has 0 aromatic heterocycles. The molecule has 0 bridgehead atoms. The number of methoxy groups -OCH3 is 1. The zero-order chi connectivity index (χ0) is 13.2. The zero-order valence-electron chi connectivity index (χ0n) is 10.5. The lowest BCUT2D eigenvalue weighted by molar-refractivity contribution is -0.135. The number of aryl methyl sites for hydroxylation is 2. The van der Waals surface area contributed by atoms with Gasteiger partial charge in [0, 0.05) is 0 Å². The molecule has 0 saturated carbocycles. The first kappa shape index (κ1) is 13.2. The van der Waals surface area contributed by atoms with Crippen molar-refractivity contribution in [1.82, 2.24) is 0 Å². The minimum Gasteiger partial charge on any atom is -0.496 e. The highest BCUT2D eigenvalue weighted by Gasteiger charge is 2.20. The number of ketones is 1. The summed E-state index contributed by atoms with van der Waals surface area (Å²) in [6.45, 7) is 5.56. The number of hydrogen-bond donors (Lipinski definition) is 1. The summed E-state index contributed by atoms with van der Waals surface area (Å²) >= 11 is 0. The highest BCUT2D eigenvalue weighted by atomic mass is 16.5. The number of carbonyl (C=O) groups excluding carboxylic acids is 1. The van der Waals surface area contributed by atoms with Gasteiger partial charge in [-0.25, -0.2) is 0 Å². The Labute approximate surface area is 100 Å². The molecule has 0 aliphatic heterocycles. The minimum absolute atomic E-state index is 0.373. The summed E-state index contributed by atoms with van der Waals surface area (Å²) in [5, 5.41) is 8.66. The molecule has 1 rings (SSSR count). The number of aliphatic carboxylic acids is 1. The van der Waals surface area contributed by atoms with E-state index in [1.165, 1.54) is 7.11 Å². The van der Waals surface area contributed by atoms with Crippen molar-refractivity contribution < 1.29 is 19.4 Å². The normalized spacial score (nSPS) is 10.1. The van der Waals surface area contributed by atoms with Crippen LogP contribution in [0.4, 0.5) is 0 Å². The third-order valence-electron chi connectivity index (χ3n) is 2.78. The second kappa shape index (κ2) is 4.99. The van der Waals surface area contributed by atoms with Crippen molar-refractivity contribution in [1.29, 1.82) is 0 Å². The van der Waals surface area contributed by atoms with Gasteiger partial charge in [0.05, 0.1) is 12.7 Å². The predicted octanol–water partition coefficient (Wildman–Crippen LogP) is 2.28. The molecular formula is C13H16O4. The molecule has 4 nitrogen and oxygen atoms in total. The van der Waals surface area contributed by atoms with Crippen LogP contribution in [0.25, 0.3) is 0 Å². The van der Waals surface area contributed by atoms with Crippen LogP contribution in [-0.2, 0) is 4.79 Å². The van der Waals surface area contributed by atoms with E-state index < -0.39 is 18.2 Å². The van der Waals surface area contributed by atoms with Gasteiger partial charge in [0.2, 0.25) is 0 Å². The molecule has 0 fully saturated rings. The van der Waals surface area contributed by atoms with Crippen molar-refractivity contribution >= 4 is 11.8 Å². The first-order chi connectivity index (χ1) is 7.88. The molecule has 17 heavy (non-hydrogen) atoms. The highest BCUT2D eigenvalue weighted by molar-refractivity contribution is 6.08. The Hall–Kier alpha value is -1.84. The van der Waals surface area contributed by atoms with E-state index in [1.807, 2.05) is 19.9 Å². The van der Waals surface area contributed by atoms with Crippen LogP contribution in [0.5, 0.6) is 5.75 Å². The molecule has 0 radical (unpaired) electrons. The molecule has 4 heteroatoms. The maximum Gasteiger partial charge on any atom is 0.311 e. The van der Waals surface area contributed by atoms with Gasteiger partial charge in [0.25, 0.3) is 0 Å². The lowest BCUT2D eigenvalue weighted by atomic mass is 9.95. The van der Waals surface area contributed by atoms with Crippen molar-refractivity contribution in [2.45, 2.75) is 27.2 Å². The summed E-state index contributed by atoms with van der Waals surface area (Å²) in [5.74, 6) is -1.07. The van der Waals surface area contributed by atoms with Gasteiger partial charge < -0.3 is 9.84 Å². The van der Waals surface area contributed by atoms with E-state index in [2.05, 4.69) is 0 Å². The van der Waals surface area contributed by atoms with Crippen molar-refractivity contribution in [3.8, 4) is 5.75 Å². The monoisotopic (exact) mass is 236 g/mol. The van der Waals surface area contributed by atoms with Crippen LogP contribution in [-0.4, -0.2) is 24.0 Å². The molecule has 0 spiro atoms. The summed E-state index contributed by atoms with van der Waals surface area (Å²) < 4.78 is 5.23. The lowest BCUT2D eigenvalue weighted by Crippen LogP contribution is -2.11. The second-order valence-electron chi connectivity index (χ2n) is 4.04. The van der Waals surface area contributed by atoms with E-state index in [0.29, 0.717) is 11.3 Å². The smallest absolute Gasteiger partial charge is 0.311 e. The first-order valence-corrected chi connectivity index (χ1v) is 5.28. The molecule has 1 aromatic rings. The fraction of sp³-hybridized carbons (Fsp3) is 0.385. The number of ether oxygens (including phenoxy) is 1. The number of carboxylic acids is 1. The highest BCUT2D eigenvalue weighted by Crippen LogP contribution is 2.30. The molecule has 0 atom stereocenters. The van der Waals surface area contributed by atoms with Gasteiger partial charge in [0.1, 0.15) is 12.2 Å². The maximum absolute atomic E-state index is 11.9. The van der Waals surface area contributed by atoms with Crippen LogP contribution in [0.3, 0.4) is 0 Å². The minimum atomic E-state index is -1.13. The summed E-state index contributed by atoms with van der Waals surface area (Å²) in [5.41, 5.74) is 3.01. The Morgan fingerprint density at radius 1 is 1.24 bits per heavy atom. The fourth-order valence-electron chi connectivity index (χ4n) is 1.88. The Morgan fingerprint density at radius 2 is 1.82 bits per heavy atom. The first-order valence-electron chi connectivity index (χ1n) is 5.28. The lowest BCUT2D eigenvalue weighted by Gasteiger charge is -2.15. The Kier molecular flexibility index (Phi) is 3.89. The molecule has 0 aliphatic carbocycles. The molecule has 0 aliphatic rings. The van der Waals surface area contributed by atoms with Crippen molar-refractivity contribution in [2.75, 3.05) is 7.11 Å². The van der Waals surface area contributed by atoms with Gasteiger partial charge in [-0.05, 0) is 37.5 Å². The average Bonchev–Trinajstić information content (AvgIpc) is 2.21. The number of hydrogen-bond acceptors (Lipinski definition) is 3. The van der Waals surface area contributed by atoms with Crippen LogP contribution in [0, 0.1) is 20.8 Å². The Morgan fingerprint density at radius 3 is 2.29 bits per heavy atom. The number of rotatable bonds is 4. The largest absolute Gasteiger partial charge is 0.496 e. The van der Waals surface area contributed by atoms with Crippen LogP contribution in [0.15, 0.2) is 6.07 Å². The van der Waals surface area contributed by atoms with Crippen LogP contribution >= 0.6 is 0 Å². The van der Waals surface area contributed by atoms with Crippen molar-refractivity contribution in [3.63, 3.8) is 0 Å². The van der Waals surface area contributed by atoms with Crippen molar-refractivity contribution in [3.05, 3.63) is 28.3 Å². The standard InChI is InChI=1S/C13H16O4/c1-7-5-8(2)12(10(14)6-11(15)16)13(17-4)9(7)3/h5H,6H2,1-4H3,(H,15,16). The SMILES string of the molecule is COc1c(C)c(C)cc(C)c1C(=O)CC(=O)O. The molecule has 0 saturated heterocycles. The average molecular weight is 236 g/mol. The van der Waals surface area contributed by atoms with Gasteiger partial charge in [-0.2, -0.15) is 0 Å². The Balaban J connectivity index is 3.36. The van der Waals surface area contributed by atoms with E-state index in [4.69, 9.17) is 9.84 Å². The summed E-state index contributed by atoms with van der Waals surface area (Å²) in [6.07, 6.45) is -0.514. The predicted molar refractivity (Wildman–Crippen MR) is 63.8 cm³/mol. The number of carboxylic acid groups (broad SMARTS) is 1. The molecule has 1 N–H and O–H groups in total. The fourth-order valence-corrected chi connectivity index (χ4v) is 1.88.